The standard InChI is InChI=1S/C26H33N5O3S/c1-17-7-9-21(10-8-17)31-16-20(15-22(31)32)25(34)30-13-11-18(12-14-30)23(33)27-26-29-28-24(35-26)19-5-3-2-4-6-19/h7-10,18-20H,2-6,11-16H2,1H3,(H,27,29,33)/t20-/m0/s1. The lowest BCUT2D eigenvalue weighted by atomic mass is 9.90. The zero-order chi connectivity index (χ0) is 24.4. The van der Waals surface area contributed by atoms with Crippen LogP contribution in [0.25, 0.3) is 0 Å². The second-order valence-electron chi connectivity index (χ2n) is 10.1. The zero-order valence-electron chi connectivity index (χ0n) is 20.2. The summed E-state index contributed by atoms with van der Waals surface area (Å²) >= 11 is 1.50. The number of nitrogens with one attached hydrogen (secondary N) is 1. The summed E-state index contributed by atoms with van der Waals surface area (Å²) in [4.78, 5) is 42.1. The summed E-state index contributed by atoms with van der Waals surface area (Å²) in [6.45, 7) is 3.50. The van der Waals surface area contributed by atoms with Crippen LogP contribution < -0.4 is 10.2 Å². The Hall–Kier alpha value is -2.81. The summed E-state index contributed by atoms with van der Waals surface area (Å²) < 4.78 is 0. The third-order valence-electron chi connectivity index (χ3n) is 7.62. The van der Waals surface area contributed by atoms with Gasteiger partial charge in [-0.3, -0.25) is 14.4 Å². The topological polar surface area (TPSA) is 95.5 Å². The molecular weight excluding hydrogens is 462 g/mol. The van der Waals surface area contributed by atoms with E-state index in [0.717, 1.165) is 29.1 Å². The van der Waals surface area contributed by atoms with E-state index >= 15 is 0 Å². The molecule has 0 unspecified atom stereocenters. The van der Waals surface area contributed by atoms with Crippen molar-refractivity contribution in [3.05, 3.63) is 34.8 Å². The number of anilines is 2. The van der Waals surface area contributed by atoms with E-state index in [1.807, 2.05) is 36.1 Å². The monoisotopic (exact) mass is 495 g/mol. The number of aryl methyl sites for hydroxylation is 1. The van der Waals surface area contributed by atoms with Crippen molar-refractivity contribution < 1.29 is 14.4 Å². The summed E-state index contributed by atoms with van der Waals surface area (Å²) in [7, 11) is 0. The van der Waals surface area contributed by atoms with Gasteiger partial charge in [-0.25, -0.2) is 0 Å². The van der Waals surface area contributed by atoms with Gasteiger partial charge in [-0.05, 0) is 44.7 Å². The van der Waals surface area contributed by atoms with Crippen LogP contribution in [0.4, 0.5) is 10.8 Å². The zero-order valence-corrected chi connectivity index (χ0v) is 21.1. The van der Waals surface area contributed by atoms with E-state index in [4.69, 9.17) is 0 Å². The molecule has 3 fully saturated rings. The first-order valence-corrected chi connectivity index (χ1v) is 13.6. The van der Waals surface area contributed by atoms with Gasteiger partial charge in [0.1, 0.15) is 5.01 Å². The number of nitrogens with zero attached hydrogens (tertiary/aromatic N) is 4. The minimum Gasteiger partial charge on any atom is -0.342 e. The Bertz CT molecular complexity index is 1070. The fourth-order valence-corrected chi connectivity index (χ4v) is 6.39. The van der Waals surface area contributed by atoms with Crippen LogP contribution in [0, 0.1) is 18.8 Å². The van der Waals surface area contributed by atoms with Crippen molar-refractivity contribution in [3.63, 3.8) is 0 Å². The van der Waals surface area contributed by atoms with Crippen LogP contribution in [-0.2, 0) is 14.4 Å². The molecule has 3 amide bonds. The highest BCUT2D eigenvalue weighted by molar-refractivity contribution is 7.15. The first kappa shape index (κ1) is 23.9. The maximum absolute atomic E-state index is 13.1. The van der Waals surface area contributed by atoms with E-state index in [1.54, 1.807) is 4.90 Å². The van der Waals surface area contributed by atoms with Crippen molar-refractivity contribution in [2.75, 3.05) is 29.9 Å². The molecule has 1 saturated carbocycles. The number of piperidine rings is 1. The van der Waals surface area contributed by atoms with Gasteiger partial charge >= 0.3 is 0 Å². The van der Waals surface area contributed by atoms with Gasteiger partial charge in [0.2, 0.25) is 22.9 Å². The van der Waals surface area contributed by atoms with Crippen molar-refractivity contribution in [3.8, 4) is 0 Å². The Morgan fingerprint density at radius 2 is 1.69 bits per heavy atom. The summed E-state index contributed by atoms with van der Waals surface area (Å²) in [6, 6.07) is 7.82. The smallest absolute Gasteiger partial charge is 0.229 e. The molecular formula is C26H33N5O3S. The van der Waals surface area contributed by atoms with Crippen LogP contribution in [0.3, 0.4) is 0 Å². The Morgan fingerprint density at radius 3 is 2.40 bits per heavy atom. The van der Waals surface area contributed by atoms with Crippen LogP contribution in [0.15, 0.2) is 24.3 Å². The average Bonchev–Trinajstić information content (AvgIpc) is 3.51. The maximum atomic E-state index is 13.1. The number of carbonyl (C=O) groups is 3. The van der Waals surface area contributed by atoms with Crippen molar-refractivity contribution in [1.82, 2.24) is 15.1 Å². The van der Waals surface area contributed by atoms with Crippen molar-refractivity contribution in [1.29, 1.82) is 0 Å². The Kier molecular flexibility index (Phi) is 7.13. The summed E-state index contributed by atoms with van der Waals surface area (Å²) in [5, 5.41) is 13.1. The second kappa shape index (κ2) is 10.4. The number of carbonyl (C=O) groups excluding carboxylic acids is 3. The number of hydrogen-bond donors (Lipinski definition) is 1. The molecule has 2 aliphatic heterocycles. The molecule has 1 aliphatic carbocycles. The highest BCUT2D eigenvalue weighted by atomic mass is 32.1. The van der Waals surface area contributed by atoms with E-state index in [-0.39, 0.29) is 36.0 Å². The van der Waals surface area contributed by atoms with Crippen molar-refractivity contribution in [2.45, 2.75) is 64.2 Å². The Balaban J connectivity index is 1.11. The number of rotatable bonds is 5. The molecule has 1 N–H and O–H groups in total. The Morgan fingerprint density at radius 1 is 0.971 bits per heavy atom. The fraction of sp³-hybridized carbons (Fsp3) is 0.577. The van der Waals surface area contributed by atoms with Gasteiger partial charge in [0, 0.05) is 43.6 Å². The summed E-state index contributed by atoms with van der Waals surface area (Å²) in [5.41, 5.74) is 1.98. The SMILES string of the molecule is Cc1ccc(N2C[C@@H](C(=O)N3CCC(C(=O)Nc4nnc(C5CCCCC5)s4)CC3)CC2=O)cc1. The Labute approximate surface area is 210 Å². The fourth-order valence-electron chi connectivity index (χ4n) is 5.47. The van der Waals surface area contributed by atoms with E-state index in [2.05, 4.69) is 15.5 Å². The van der Waals surface area contributed by atoms with Crippen molar-refractivity contribution >= 4 is 39.9 Å². The molecule has 35 heavy (non-hydrogen) atoms. The molecule has 1 aromatic carbocycles. The van der Waals surface area contributed by atoms with Gasteiger partial charge < -0.3 is 15.1 Å². The van der Waals surface area contributed by atoms with Crippen LogP contribution in [-0.4, -0.2) is 52.5 Å². The molecule has 0 bridgehead atoms. The minimum atomic E-state index is -0.325. The maximum Gasteiger partial charge on any atom is 0.229 e. The van der Waals surface area contributed by atoms with E-state index in [1.165, 1.54) is 30.6 Å². The largest absolute Gasteiger partial charge is 0.342 e. The van der Waals surface area contributed by atoms with Gasteiger partial charge in [-0.15, -0.1) is 10.2 Å². The molecule has 5 rings (SSSR count). The van der Waals surface area contributed by atoms with E-state index < -0.39 is 0 Å². The number of amides is 3. The molecule has 3 heterocycles. The van der Waals surface area contributed by atoms with Crippen LogP contribution >= 0.6 is 11.3 Å². The van der Waals surface area contributed by atoms with Gasteiger partial charge in [-0.1, -0.05) is 48.3 Å². The average molecular weight is 496 g/mol. The third kappa shape index (κ3) is 5.39. The van der Waals surface area contributed by atoms with Crippen LogP contribution in [0.5, 0.6) is 0 Å². The lowest BCUT2D eigenvalue weighted by Crippen LogP contribution is -2.44. The highest BCUT2D eigenvalue weighted by Gasteiger charge is 2.38. The number of hydrogen-bond acceptors (Lipinski definition) is 6. The number of likely N-dealkylation sites (tertiary alicyclic amines) is 1. The molecule has 186 valence electrons. The van der Waals surface area contributed by atoms with E-state index in [0.29, 0.717) is 43.5 Å². The number of aromatic nitrogens is 2. The molecule has 0 spiro atoms. The van der Waals surface area contributed by atoms with Gasteiger partial charge in [0.05, 0.1) is 5.92 Å². The minimum absolute atomic E-state index is 0.00822. The molecule has 2 saturated heterocycles. The first-order valence-electron chi connectivity index (χ1n) is 12.8. The normalized spacial score (nSPS) is 22.0. The highest BCUT2D eigenvalue weighted by Crippen LogP contribution is 2.35. The van der Waals surface area contributed by atoms with Gasteiger partial charge in [0.25, 0.3) is 0 Å². The van der Waals surface area contributed by atoms with E-state index in [9.17, 15) is 14.4 Å². The van der Waals surface area contributed by atoms with Gasteiger partial charge in [0.15, 0.2) is 0 Å². The molecule has 3 aliphatic rings. The molecule has 2 aromatic rings. The van der Waals surface area contributed by atoms with Crippen LogP contribution in [0.1, 0.15) is 67.9 Å². The van der Waals surface area contributed by atoms with Crippen molar-refractivity contribution in [2.24, 2.45) is 11.8 Å². The summed E-state index contributed by atoms with van der Waals surface area (Å²) in [6.07, 6.45) is 7.57. The van der Waals surface area contributed by atoms with Crippen LogP contribution in [0.2, 0.25) is 0 Å². The predicted octanol–water partition coefficient (Wildman–Crippen LogP) is 4.12. The molecule has 1 aromatic heterocycles. The molecule has 8 nitrogen and oxygen atoms in total. The molecule has 9 heteroatoms. The molecule has 1 atom stereocenters. The lowest BCUT2D eigenvalue weighted by molar-refractivity contribution is -0.138. The second-order valence-corrected chi connectivity index (χ2v) is 11.1. The third-order valence-corrected chi connectivity index (χ3v) is 8.62. The first-order chi connectivity index (χ1) is 17.0. The molecule has 0 radical (unpaired) electrons. The summed E-state index contributed by atoms with van der Waals surface area (Å²) in [5.74, 6) is -0.0149. The van der Waals surface area contributed by atoms with Gasteiger partial charge in [-0.2, -0.15) is 0 Å². The quantitative estimate of drug-likeness (QED) is 0.673. The lowest BCUT2D eigenvalue weighted by Gasteiger charge is -2.32. The predicted molar refractivity (Wildman–Crippen MR) is 135 cm³/mol. The number of benzene rings is 1.